The van der Waals surface area contributed by atoms with Gasteiger partial charge in [0, 0.05) is 38.5 Å². The van der Waals surface area contributed by atoms with Crippen LogP contribution in [0.5, 0.6) is 11.5 Å². The Labute approximate surface area is 160 Å². The zero-order chi connectivity index (χ0) is 18.2. The van der Waals surface area contributed by atoms with Crippen LogP contribution in [0.25, 0.3) is 5.31 Å². The van der Waals surface area contributed by atoms with Crippen LogP contribution in [0, 0.1) is 0 Å². The van der Waals surface area contributed by atoms with E-state index in [2.05, 4.69) is 22.4 Å². The highest BCUT2D eigenvalue weighted by molar-refractivity contribution is 7.51. The summed E-state index contributed by atoms with van der Waals surface area (Å²) in [6.45, 7) is 5.07. The van der Waals surface area contributed by atoms with E-state index in [0.717, 1.165) is 54.3 Å². The molecule has 4 heterocycles. The van der Waals surface area contributed by atoms with Crippen LogP contribution in [-0.2, 0) is 4.79 Å². The summed E-state index contributed by atoms with van der Waals surface area (Å²) in [6, 6.07) is 5.94. The summed E-state index contributed by atoms with van der Waals surface area (Å²) in [5.74, 6) is 1.68. The lowest BCUT2D eigenvalue weighted by Gasteiger charge is -2.37. The number of amides is 1. The maximum Gasteiger partial charge on any atom is 0.252 e. The molecule has 1 amide bonds. The van der Waals surface area contributed by atoms with Gasteiger partial charge in [-0.1, -0.05) is 20.7 Å². The molecule has 1 N–H and O–H groups in total. The lowest BCUT2D eigenvalue weighted by Crippen LogP contribution is -2.44. The van der Waals surface area contributed by atoms with Gasteiger partial charge in [-0.2, -0.15) is 0 Å². The molecule has 4 aliphatic rings. The van der Waals surface area contributed by atoms with Gasteiger partial charge in [0.25, 0.3) is 5.91 Å². The van der Waals surface area contributed by atoms with E-state index in [1.165, 1.54) is 0 Å². The Bertz CT molecular complexity index is 858. The van der Waals surface area contributed by atoms with Crippen LogP contribution in [-0.4, -0.2) is 60.9 Å². The van der Waals surface area contributed by atoms with Gasteiger partial charge in [0.05, 0.1) is 11.5 Å². The van der Waals surface area contributed by atoms with Crippen molar-refractivity contribution >= 4 is 19.8 Å². The smallest absolute Gasteiger partial charge is 0.252 e. The van der Waals surface area contributed by atoms with Gasteiger partial charge in [0.15, 0.2) is 11.5 Å². The van der Waals surface area contributed by atoms with Crippen LogP contribution in [0.3, 0.4) is 0 Å². The van der Waals surface area contributed by atoms with E-state index in [1.807, 2.05) is 29.3 Å². The zero-order valence-electron chi connectivity index (χ0n) is 15.0. The van der Waals surface area contributed by atoms with Gasteiger partial charge in [0.2, 0.25) is 0 Å². The van der Waals surface area contributed by atoms with Crippen LogP contribution in [0.15, 0.2) is 48.3 Å². The molecule has 1 fully saturated rings. The van der Waals surface area contributed by atoms with E-state index in [-0.39, 0.29) is 11.7 Å². The van der Waals surface area contributed by atoms with Gasteiger partial charge in [-0.3, -0.25) is 4.79 Å². The van der Waals surface area contributed by atoms with Gasteiger partial charge in [-0.05, 0) is 29.1 Å². The lowest BCUT2D eigenvalue weighted by molar-refractivity contribution is -0.123. The molecule has 0 spiro atoms. The van der Waals surface area contributed by atoms with E-state index >= 15 is 0 Å². The van der Waals surface area contributed by atoms with E-state index < -0.39 is 0 Å². The van der Waals surface area contributed by atoms with Crippen LogP contribution < -0.4 is 14.8 Å². The third-order valence-electron chi connectivity index (χ3n) is 5.18. The second-order valence-corrected chi connectivity index (χ2v) is 8.32. The van der Waals surface area contributed by atoms with Gasteiger partial charge in [0.1, 0.15) is 13.2 Å². The number of allylic oxidation sites excluding steroid dienone is 1. The summed E-state index contributed by atoms with van der Waals surface area (Å²) < 4.78 is 11.3. The van der Waals surface area contributed by atoms with Crippen molar-refractivity contribution in [3.05, 3.63) is 53.9 Å². The molecule has 7 heteroatoms. The molecular weight excluding hydrogens is 361 g/mol. The van der Waals surface area contributed by atoms with Crippen molar-refractivity contribution in [2.75, 3.05) is 39.4 Å². The third-order valence-corrected chi connectivity index (χ3v) is 6.69. The minimum Gasteiger partial charge on any atom is -0.486 e. The Balaban J connectivity index is 1.39. The molecule has 27 heavy (non-hydrogen) atoms. The minimum absolute atomic E-state index is 0.0422. The number of benzene rings is 1. The Hall–Kier alpha value is -2.30. The topological polar surface area (TPSA) is 54.0 Å². The molecule has 0 bridgehead atoms. The highest BCUT2D eigenvalue weighted by atomic mass is 31.1. The van der Waals surface area contributed by atoms with Crippen molar-refractivity contribution in [2.45, 2.75) is 5.78 Å². The number of hydrogen-bond donors (Lipinski definition) is 1. The molecule has 5 rings (SSSR count). The molecule has 1 aromatic carbocycles. The fraction of sp³-hybridized carbons (Fsp3) is 0.350. The van der Waals surface area contributed by atoms with Crippen LogP contribution in [0.4, 0.5) is 0 Å². The van der Waals surface area contributed by atoms with Gasteiger partial charge < -0.3 is 24.6 Å². The average Bonchev–Trinajstić information content (AvgIpc) is 2.74. The van der Waals surface area contributed by atoms with E-state index in [4.69, 9.17) is 9.47 Å². The lowest BCUT2D eigenvalue weighted by atomic mass is 10.1. The molecule has 0 saturated carbocycles. The Morgan fingerprint density at radius 3 is 2.78 bits per heavy atom. The van der Waals surface area contributed by atoms with Crippen molar-refractivity contribution in [1.82, 2.24) is 15.1 Å². The monoisotopic (exact) mass is 383 g/mol. The Morgan fingerprint density at radius 2 is 1.93 bits per heavy atom. The molecule has 1 saturated heterocycles. The van der Waals surface area contributed by atoms with Crippen molar-refractivity contribution < 1.29 is 14.3 Å². The fourth-order valence-electron chi connectivity index (χ4n) is 3.75. The second kappa shape index (κ2) is 7.02. The highest BCUT2D eigenvalue weighted by Gasteiger charge is 2.30. The summed E-state index contributed by atoms with van der Waals surface area (Å²) >= 11 is 0. The molecule has 4 aliphatic heterocycles. The molecular formula is C20H22N3O3P. The highest BCUT2D eigenvalue weighted by Crippen LogP contribution is 2.46. The Morgan fingerprint density at radius 1 is 1.11 bits per heavy atom. The first-order chi connectivity index (χ1) is 13.3. The van der Waals surface area contributed by atoms with Crippen molar-refractivity contribution in [3.63, 3.8) is 0 Å². The van der Waals surface area contributed by atoms with Gasteiger partial charge >= 0.3 is 0 Å². The number of piperazine rings is 1. The normalized spacial score (nSPS) is 25.2. The van der Waals surface area contributed by atoms with E-state index in [1.54, 1.807) is 6.08 Å². The predicted octanol–water partition coefficient (Wildman–Crippen LogP) is 1.96. The van der Waals surface area contributed by atoms with Crippen LogP contribution in [0.1, 0.15) is 5.56 Å². The molecule has 0 radical (unpaired) electrons. The maximum atomic E-state index is 12.8. The molecule has 2 atom stereocenters. The number of carbonyl (C=O) groups excluding carboxylic acids is 1. The standard InChI is InChI=1S/C20H22N3O3P/c24-19-12-18(14-1-3-16-17(11-14)26-10-9-25-16)27-20-4-2-15(13-23(19)20)22-7-5-21-6-8-22/h1-4,11-13,20-21,27H,5-10H2. The van der Waals surface area contributed by atoms with E-state index in [9.17, 15) is 4.79 Å². The molecule has 140 valence electrons. The summed E-state index contributed by atoms with van der Waals surface area (Å²) in [6.07, 6.45) is 8.12. The van der Waals surface area contributed by atoms with Gasteiger partial charge in [-0.15, -0.1) is 0 Å². The predicted molar refractivity (Wildman–Crippen MR) is 106 cm³/mol. The van der Waals surface area contributed by atoms with Crippen molar-refractivity contribution in [1.29, 1.82) is 0 Å². The molecule has 1 aromatic rings. The summed E-state index contributed by atoms with van der Waals surface area (Å²) in [7, 11) is 0.505. The maximum absolute atomic E-state index is 12.8. The van der Waals surface area contributed by atoms with Crippen LogP contribution >= 0.6 is 8.58 Å². The first kappa shape index (κ1) is 16.8. The first-order valence-corrected chi connectivity index (χ1v) is 10.4. The number of hydrogen-bond acceptors (Lipinski definition) is 5. The third kappa shape index (κ3) is 3.24. The van der Waals surface area contributed by atoms with Crippen molar-refractivity contribution in [3.8, 4) is 11.5 Å². The van der Waals surface area contributed by atoms with Crippen molar-refractivity contribution in [2.24, 2.45) is 0 Å². The summed E-state index contributed by atoms with van der Waals surface area (Å²) in [5.41, 5.74) is 2.16. The number of ether oxygens (including phenoxy) is 2. The van der Waals surface area contributed by atoms with Gasteiger partial charge in [-0.25, -0.2) is 0 Å². The quantitative estimate of drug-likeness (QED) is 0.792. The molecule has 0 aliphatic carbocycles. The number of nitrogens with zero attached hydrogens (tertiary/aromatic N) is 2. The van der Waals surface area contributed by atoms with E-state index in [0.29, 0.717) is 21.8 Å². The molecule has 2 unspecified atom stereocenters. The molecule has 6 nitrogen and oxygen atoms in total. The number of nitrogens with one attached hydrogen (secondary N) is 1. The average molecular weight is 383 g/mol. The largest absolute Gasteiger partial charge is 0.486 e. The number of carbonyl (C=O) groups is 1. The Kier molecular flexibility index (Phi) is 4.38. The zero-order valence-corrected chi connectivity index (χ0v) is 16.0. The molecule has 0 aromatic heterocycles. The van der Waals surface area contributed by atoms with Crippen LogP contribution in [0.2, 0.25) is 0 Å². The summed E-state index contributed by atoms with van der Waals surface area (Å²) in [5, 5.41) is 4.43. The summed E-state index contributed by atoms with van der Waals surface area (Å²) in [4.78, 5) is 17.0. The number of rotatable bonds is 2. The first-order valence-electron chi connectivity index (χ1n) is 9.34. The fourth-order valence-corrected chi connectivity index (χ4v) is 5.13. The minimum atomic E-state index is 0.0422. The second-order valence-electron chi connectivity index (χ2n) is 6.90. The SMILES string of the molecule is O=C1C=C(c2ccc3c(c2)OCCO3)PC2C=CC(N3CCNCC3)=CN12. The number of fused-ring (bicyclic) bond motifs is 2.